The van der Waals surface area contributed by atoms with Gasteiger partial charge in [0.1, 0.15) is 24.7 Å². The quantitative estimate of drug-likeness (QED) is 0.611. The van der Waals surface area contributed by atoms with Crippen molar-refractivity contribution in [1.82, 2.24) is 0 Å². The largest absolute Gasteiger partial charge is 0.491 e. The van der Waals surface area contributed by atoms with E-state index in [1.54, 1.807) is 18.2 Å². The lowest BCUT2D eigenvalue weighted by Crippen LogP contribution is -2.21. The number of nitrogens with one attached hydrogen (secondary N) is 2. The van der Waals surface area contributed by atoms with Crippen LogP contribution in [0.3, 0.4) is 0 Å². The van der Waals surface area contributed by atoms with Gasteiger partial charge in [0.15, 0.2) is 0 Å². The van der Waals surface area contributed by atoms with E-state index in [2.05, 4.69) is 17.2 Å². The van der Waals surface area contributed by atoms with Gasteiger partial charge in [0.25, 0.3) is 0 Å². The van der Waals surface area contributed by atoms with E-state index in [0.717, 1.165) is 42.3 Å². The molecule has 0 aromatic heterocycles. The number of anilines is 2. The summed E-state index contributed by atoms with van der Waals surface area (Å²) in [6.07, 6.45) is 4.04. The van der Waals surface area contributed by atoms with Crippen LogP contribution in [0.4, 0.5) is 11.4 Å². The van der Waals surface area contributed by atoms with Crippen LogP contribution >= 0.6 is 0 Å². The maximum Gasteiger partial charge on any atom is 0.243 e. The lowest BCUT2D eigenvalue weighted by atomic mass is 10.2. The molecule has 1 atom stereocenters. The van der Waals surface area contributed by atoms with Gasteiger partial charge in [0, 0.05) is 18.0 Å². The van der Waals surface area contributed by atoms with Crippen LogP contribution in [0.2, 0.25) is 0 Å². The molecular weight excluding hydrogens is 356 g/mol. The number of carbonyl (C=O) groups is 1. The van der Waals surface area contributed by atoms with Gasteiger partial charge in [-0.2, -0.15) is 0 Å². The summed E-state index contributed by atoms with van der Waals surface area (Å²) in [7, 11) is 0. The van der Waals surface area contributed by atoms with E-state index in [-0.39, 0.29) is 18.6 Å². The predicted octanol–water partition coefficient (Wildman–Crippen LogP) is 3.86. The normalized spacial score (nSPS) is 15.6. The number of hydrogen-bond acceptors (Lipinski definition) is 5. The van der Waals surface area contributed by atoms with Gasteiger partial charge in [0.2, 0.25) is 5.91 Å². The molecule has 0 bridgehead atoms. The minimum absolute atomic E-state index is 0.126. The zero-order chi connectivity index (χ0) is 19.6. The summed E-state index contributed by atoms with van der Waals surface area (Å²) in [5.41, 5.74) is 1.57. The third kappa shape index (κ3) is 6.32. The van der Waals surface area contributed by atoms with Gasteiger partial charge in [-0.05, 0) is 61.4 Å². The van der Waals surface area contributed by atoms with Gasteiger partial charge in [-0.3, -0.25) is 4.79 Å². The highest BCUT2D eigenvalue weighted by atomic mass is 16.5. The van der Waals surface area contributed by atoms with Crippen LogP contribution in [0, 0.1) is 0 Å². The highest BCUT2D eigenvalue weighted by molar-refractivity contribution is 5.93. The van der Waals surface area contributed by atoms with E-state index in [1.807, 2.05) is 36.4 Å². The van der Waals surface area contributed by atoms with Crippen molar-refractivity contribution in [3.63, 3.8) is 0 Å². The first-order chi connectivity index (χ1) is 13.7. The van der Waals surface area contributed by atoms with Gasteiger partial charge in [-0.15, -0.1) is 0 Å². The minimum Gasteiger partial charge on any atom is -0.491 e. The van der Waals surface area contributed by atoms with Crippen molar-refractivity contribution in [2.75, 3.05) is 37.0 Å². The molecule has 1 fully saturated rings. The smallest absolute Gasteiger partial charge is 0.243 e. The molecule has 1 aliphatic heterocycles. The summed E-state index contributed by atoms with van der Waals surface area (Å²) in [4.78, 5) is 12.1. The molecule has 6 nitrogen and oxygen atoms in total. The number of hydrogen-bond donors (Lipinski definition) is 2. The molecule has 148 valence electrons. The summed E-state index contributed by atoms with van der Waals surface area (Å²) >= 11 is 0. The molecule has 0 saturated carbocycles. The molecule has 1 heterocycles. The molecule has 1 aliphatic rings. The Morgan fingerprint density at radius 2 is 1.75 bits per heavy atom. The van der Waals surface area contributed by atoms with Gasteiger partial charge in [0.05, 0.1) is 12.6 Å². The Hall–Kier alpha value is -2.99. The highest BCUT2D eigenvalue weighted by Gasteiger charge is 2.15. The van der Waals surface area contributed by atoms with E-state index >= 15 is 0 Å². The fraction of sp³-hybridized carbons (Fsp3) is 0.318. The summed E-state index contributed by atoms with van der Waals surface area (Å²) < 4.78 is 16.7. The first-order valence-corrected chi connectivity index (χ1v) is 9.45. The second kappa shape index (κ2) is 10.4. The van der Waals surface area contributed by atoms with Crippen LogP contribution in [0.15, 0.2) is 61.2 Å². The van der Waals surface area contributed by atoms with Crippen LogP contribution in [-0.4, -0.2) is 38.4 Å². The summed E-state index contributed by atoms with van der Waals surface area (Å²) in [6, 6.07) is 14.8. The predicted molar refractivity (Wildman–Crippen MR) is 110 cm³/mol. The third-order valence-electron chi connectivity index (χ3n) is 4.27. The summed E-state index contributed by atoms with van der Waals surface area (Å²) in [6.45, 7) is 5.63. The van der Waals surface area contributed by atoms with Crippen molar-refractivity contribution in [2.45, 2.75) is 18.9 Å². The van der Waals surface area contributed by atoms with Crippen LogP contribution in [0.5, 0.6) is 11.5 Å². The molecule has 3 rings (SSSR count). The average molecular weight is 382 g/mol. The average Bonchev–Trinajstić information content (AvgIpc) is 3.25. The SMILES string of the molecule is C=CCOc1ccc(NC(=O)CNc2ccc(OCC3CCCO3)cc2)cc1. The van der Waals surface area contributed by atoms with E-state index in [4.69, 9.17) is 14.2 Å². The Morgan fingerprint density at radius 1 is 1.07 bits per heavy atom. The first kappa shape index (κ1) is 19.8. The molecule has 6 heteroatoms. The molecule has 2 aromatic rings. The molecule has 2 N–H and O–H groups in total. The Morgan fingerprint density at radius 3 is 2.39 bits per heavy atom. The fourth-order valence-electron chi connectivity index (χ4n) is 2.81. The molecular formula is C22H26N2O4. The molecule has 1 amide bonds. The Balaban J connectivity index is 1.39. The van der Waals surface area contributed by atoms with Crippen molar-refractivity contribution < 1.29 is 19.0 Å². The van der Waals surface area contributed by atoms with E-state index in [1.165, 1.54) is 0 Å². The van der Waals surface area contributed by atoms with Crippen molar-refractivity contribution in [3.8, 4) is 11.5 Å². The first-order valence-electron chi connectivity index (χ1n) is 9.45. The monoisotopic (exact) mass is 382 g/mol. The number of amides is 1. The van der Waals surface area contributed by atoms with E-state index < -0.39 is 0 Å². The standard InChI is InChI=1S/C22H26N2O4/c1-2-13-26-19-11-7-18(8-12-19)24-22(25)15-23-17-5-9-20(10-6-17)28-16-21-4-3-14-27-21/h2,5-12,21,23H,1,3-4,13-16H2,(H,24,25). The number of carbonyl (C=O) groups excluding carboxylic acids is 1. The second-order valence-corrected chi connectivity index (χ2v) is 6.50. The second-order valence-electron chi connectivity index (χ2n) is 6.50. The minimum atomic E-state index is -0.126. The maximum absolute atomic E-state index is 12.1. The molecule has 0 radical (unpaired) electrons. The molecule has 28 heavy (non-hydrogen) atoms. The molecule has 2 aromatic carbocycles. The van der Waals surface area contributed by atoms with Crippen molar-refractivity contribution >= 4 is 17.3 Å². The van der Waals surface area contributed by atoms with Gasteiger partial charge >= 0.3 is 0 Å². The Bertz CT molecular complexity index is 753. The van der Waals surface area contributed by atoms with Gasteiger partial charge in [-0.25, -0.2) is 0 Å². The van der Waals surface area contributed by atoms with E-state index in [9.17, 15) is 4.79 Å². The maximum atomic E-state index is 12.1. The molecule has 1 unspecified atom stereocenters. The zero-order valence-electron chi connectivity index (χ0n) is 15.9. The molecule has 0 spiro atoms. The Kier molecular flexibility index (Phi) is 7.32. The summed E-state index contributed by atoms with van der Waals surface area (Å²) in [5.74, 6) is 1.40. The van der Waals surface area contributed by atoms with Crippen LogP contribution in [0.1, 0.15) is 12.8 Å². The number of rotatable bonds is 10. The van der Waals surface area contributed by atoms with Crippen LogP contribution in [-0.2, 0) is 9.53 Å². The van der Waals surface area contributed by atoms with Gasteiger partial charge in [-0.1, -0.05) is 12.7 Å². The topological polar surface area (TPSA) is 68.8 Å². The van der Waals surface area contributed by atoms with Crippen LogP contribution in [0.25, 0.3) is 0 Å². The fourth-order valence-corrected chi connectivity index (χ4v) is 2.81. The Labute approximate surface area is 165 Å². The number of ether oxygens (including phenoxy) is 3. The summed E-state index contributed by atoms with van der Waals surface area (Å²) in [5, 5.41) is 5.94. The van der Waals surface area contributed by atoms with Crippen molar-refractivity contribution in [3.05, 3.63) is 61.2 Å². The van der Waals surface area contributed by atoms with Crippen molar-refractivity contribution in [1.29, 1.82) is 0 Å². The van der Waals surface area contributed by atoms with E-state index in [0.29, 0.717) is 13.2 Å². The highest BCUT2D eigenvalue weighted by Crippen LogP contribution is 2.19. The zero-order valence-corrected chi connectivity index (χ0v) is 15.9. The third-order valence-corrected chi connectivity index (χ3v) is 4.27. The lowest BCUT2D eigenvalue weighted by molar-refractivity contribution is -0.114. The van der Waals surface area contributed by atoms with Crippen molar-refractivity contribution in [2.24, 2.45) is 0 Å². The number of benzene rings is 2. The van der Waals surface area contributed by atoms with Crippen LogP contribution < -0.4 is 20.1 Å². The molecule has 0 aliphatic carbocycles. The van der Waals surface area contributed by atoms with Gasteiger partial charge < -0.3 is 24.8 Å². The lowest BCUT2D eigenvalue weighted by Gasteiger charge is -2.12. The molecule has 1 saturated heterocycles.